The quantitative estimate of drug-likeness (QED) is 0.309. The van der Waals surface area contributed by atoms with Gasteiger partial charge in [-0.25, -0.2) is 0 Å². The molecule has 0 saturated heterocycles. The molecule has 0 saturated carbocycles. The fraction of sp³-hybridized carbons (Fsp3) is 0.250. The second-order valence-corrected chi connectivity index (χ2v) is 4.46. The fourth-order valence-corrected chi connectivity index (χ4v) is 2.08. The maximum atomic E-state index is 10.6. The van der Waals surface area contributed by atoms with E-state index in [4.69, 9.17) is 16.9 Å². The SMILES string of the molecule is N=C(N)CC(N)C1(c2ccc([N+](=O)[O-])cn2)C=CC=N1. The summed E-state index contributed by atoms with van der Waals surface area (Å²) >= 11 is 0. The topological polar surface area (TPSA) is 144 Å². The second-order valence-electron chi connectivity index (χ2n) is 4.46. The third-order valence-corrected chi connectivity index (χ3v) is 3.10. The molecule has 1 aliphatic heterocycles. The van der Waals surface area contributed by atoms with Gasteiger partial charge in [0.2, 0.25) is 0 Å². The number of aliphatic imine (C=N–C) groups is 1. The summed E-state index contributed by atoms with van der Waals surface area (Å²) in [6.45, 7) is 0. The molecule has 5 N–H and O–H groups in total. The van der Waals surface area contributed by atoms with Crippen LogP contribution in [-0.2, 0) is 5.54 Å². The van der Waals surface area contributed by atoms with Crippen molar-refractivity contribution in [1.82, 2.24) is 4.98 Å². The van der Waals surface area contributed by atoms with Crippen LogP contribution in [0.4, 0.5) is 5.69 Å². The molecule has 0 aromatic carbocycles. The van der Waals surface area contributed by atoms with Gasteiger partial charge in [0.1, 0.15) is 11.7 Å². The van der Waals surface area contributed by atoms with E-state index in [1.165, 1.54) is 18.3 Å². The molecule has 0 aliphatic carbocycles. The Kier molecular flexibility index (Phi) is 3.57. The van der Waals surface area contributed by atoms with Gasteiger partial charge in [0, 0.05) is 24.7 Å². The van der Waals surface area contributed by atoms with Crippen LogP contribution in [-0.4, -0.2) is 28.0 Å². The zero-order valence-electron chi connectivity index (χ0n) is 10.6. The lowest BCUT2D eigenvalue weighted by Gasteiger charge is -2.30. The van der Waals surface area contributed by atoms with Gasteiger partial charge in [-0.3, -0.25) is 25.5 Å². The fourth-order valence-electron chi connectivity index (χ4n) is 2.08. The van der Waals surface area contributed by atoms with Crippen LogP contribution in [0.3, 0.4) is 0 Å². The minimum Gasteiger partial charge on any atom is -0.388 e. The van der Waals surface area contributed by atoms with Crippen molar-refractivity contribution in [3.8, 4) is 0 Å². The predicted molar refractivity (Wildman–Crippen MR) is 74.7 cm³/mol. The van der Waals surface area contributed by atoms with Gasteiger partial charge in [-0.15, -0.1) is 0 Å². The number of rotatable bonds is 5. The molecule has 8 nitrogen and oxygen atoms in total. The van der Waals surface area contributed by atoms with Crippen molar-refractivity contribution in [2.75, 3.05) is 0 Å². The number of hydrogen-bond donors (Lipinski definition) is 3. The number of pyridine rings is 1. The summed E-state index contributed by atoms with van der Waals surface area (Å²) in [6.07, 6.45) is 6.39. The van der Waals surface area contributed by atoms with Crippen LogP contribution in [0.5, 0.6) is 0 Å². The van der Waals surface area contributed by atoms with Crippen LogP contribution in [0.25, 0.3) is 0 Å². The Morgan fingerprint density at radius 2 is 2.30 bits per heavy atom. The highest BCUT2D eigenvalue weighted by Crippen LogP contribution is 2.33. The number of nitrogens with two attached hydrogens (primary N) is 2. The number of nitrogens with one attached hydrogen (secondary N) is 1. The lowest BCUT2D eigenvalue weighted by atomic mass is 9.85. The highest BCUT2D eigenvalue weighted by molar-refractivity contribution is 5.79. The van der Waals surface area contributed by atoms with Crippen molar-refractivity contribution < 1.29 is 4.92 Å². The van der Waals surface area contributed by atoms with E-state index in [2.05, 4.69) is 9.98 Å². The molecule has 8 heteroatoms. The second kappa shape index (κ2) is 5.17. The first-order valence-corrected chi connectivity index (χ1v) is 5.88. The van der Waals surface area contributed by atoms with Crippen LogP contribution in [0.2, 0.25) is 0 Å². The molecule has 1 aromatic heterocycles. The van der Waals surface area contributed by atoms with E-state index in [9.17, 15) is 10.1 Å². The highest BCUT2D eigenvalue weighted by atomic mass is 16.6. The predicted octanol–water partition coefficient (Wildman–Crippen LogP) is 0.479. The average Bonchev–Trinajstić information content (AvgIpc) is 2.88. The van der Waals surface area contributed by atoms with Crippen LogP contribution in [0.1, 0.15) is 12.1 Å². The maximum Gasteiger partial charge on any atom is 0.287 e. The molecule has 20 heavy (non-hydrogen) atoms. The van der Waals surface area contributed by atoms with E-state index in [0.29, 0.717) is 5.69 Å². The summed E-state index contributed by atoms with van der Waals surface area (Å²) in [5, 5.41) is 18.0. The van der Waals surface area contributed by atoms with Crippen LogP contribution < -0.4 is 11.5 Å². The Hall–Kier alpha value is -2.61. The summed E-state index contributed by atoms with van der Waals surface area (Å²) in [6, 6.07) is 2.31. The molecular weight excluding hydrogens is 260 g/mol. The van der Waals surface area contributed by atoms with Crippen LogP contribution >= 0.6 is 0 Å². The molecule has 2 heterocycles. The largest absolute Gasteiger partial charge is 0.388 e. The van der Waals surface area contributed by atoms with Gasteiger partial charge in [-0.1, -0.05) is 0 Å². The third kappa shape index (κ3) is 2.41. The Bertz CT molecular complexity index is 580. The summed E-state index contributed by atoms with van der Waals surface area (Å²) in [7, 11) is 0. The number of nitro groups is 1. The Morgan fingerprint density at radius 3 is 2.75 bits per heavy atom. The number of amidine groups is 1. The van der Waals surface area contributed by atoms with Crippen molar-refractivity contribution >= 4 is 17.7 Å². The summed E-state index contributed by atoms with van der Waals surface area (Å²) in [5.41, 5.74) is 10.9. The van der Waals surface area contributed by atoms with E-state index >= 15 is 0 Å². The number of allylic oxidation sites excluding steroid dienone is 1. The van der Waals surface area contributed by atoms with E-state index in [-0.39, 0.29) is 17.9 Å². The van der Waals surface area contributed by atoms with Gasteiger partial charge in [0.05, 0.1) is 16.5 Å². The first-order valence-electron chi connectivity index (χ1n) is 5.88. The monoisotopic (exact) mass is 274 g/mol. The number of aromatic nitrogens is 1. The number of nitrogens with zero attached hydrogens (tertiary/aromatic N) is 3. The van der Waals surface area contributed by atoms with Crippen molar-refractivity contribution in [1.29, 1.82) is 5.41 Å². The standard InChI is InChI=1S/C12H14N6O2/c13-9(6-11(14)15)12(4-1-5-17-12)10-3-2-8(7-16-10)18(19)20/h1-5,7,9H,6,13H2,(H3,14,15). The molecule has 0 radical (unpaired) electrons. The Labute approximate surface area is 114 Å². The minimum absolute atomic E-state index is 0.0470. The Morgan fingerprint density at radius 1 is 1.55 bits per heavy atom. The molecule has 1 aliphatic rings. The molecule has 0 fully saturated rings. The maximum absolute atomic E-state index is 10.6. The molecule has 2 unspecified atom stereocenters. The summed E-state index contributed by atoms with van der Waals surface area (Å²) in [5.74, 6) is -0.0470. The van der Waals surface area contributed by atoms with Crippen molar-refractivity contribution in [2.45, 2.75) is 18.0 Å². The van der Waals surface area contributed by atoms with Crippen LogP contribution in [0, 0.1) is 15.5 Å². The van der Waals surface area contributed by atoms with Gasteiger partial charge >= 0.3 is 0 Å². The van der Waals surface area contributed by atoms with Gasteiger partial charge in [-0.2, -0.15) is 0 Å². The van der Waals surface area contributed by atoms with Gasteiger partial charge in [-0.05, 0) is 18.2 Å². The Balaban J connectivity index is 2.38. The molecule has 0 spiro atoms. The normalized spacial score (nSPS) is 21.9. The zero-order valence-corrected chi connectivity index (χ0v) is 10.6. The van der Waals surface area contributed by atoms with E-state index in [1.807, 2.05) is 0 Å². The van der Waals surface area contributed by atoms with Gasteiger partial charge < -0.3 is 11.5 Å². The molecule has 1 aromatic rings. The number of hydrogen-bond acceptors (Lipinski definition) is 6. The smallest absolute Gasteiger partial charge is 0.287 e. The minimum atomic E-state index is -0.930. The van der Waals surface area contributed by atoms with Gasteiger partial charge in [0.15, 0.2) is 0 Å². The first-order chi connectivity index (χ1) is 9.45. The molecule has 0 amide bonds. The molecule has 2 rings (SSSR count). The lowest BCUT2D eigenvalue weighted by Crippen LogP contribution is -2.44. The summed E-state index contributed by atoms with van der Waals surface area (Å²) < 4.78 is 0. The molecule has 104 valence electrons. The zero-order chi connectivity index (χ0) is 14.8. The van der Waals surface area contributed by atoms with Crippen molar-refractivity contribution in [2.24, 2.45) is 16.5 Å². The van der Waals surface area contributed by atoms with Gasteiger partial charge in [0.25, 0.3) is 5.69 Å². The van der Waals surface area contributed by atoms with E-state index in [1.54, 1.807) is 18.4 Å². The molecule has 0 bridgehead atoms. The first kappa shape index (κ1) is 13.8. The van der Waals surface area contributed by atoms with Crippen LogP contribution in [0.15, 0.2) is 35.5 Å². The highest BCUT2D eigenvalue weighted by Gasteiger charge is 2.39. The molecule has 2 atom stereocenters. The van der Waals surface area contributed by atoms with Crippen molar-refractivity contribution in [3.05, 3.63) is 46.3 Å². The lowest BCUT2D eigenvalue weighted by molar-refractivity contribution is -0.385. The van der Waals surface area contributed by atoms with E-state index < -0.39 is 16.5 Å². The summed E-state index contributed by atoms with van der Waals surface area (Å²) in [4.78, 5) is 18.5. The third-order valence-electron chi connectivity index (χ3n) is 3.10. The molecular formula is C12H14N6O2. The van der Waals surface area contributed by atoms with E-state index in [0.717, 1.165) is 0 Å². The average molecular weight is 274 g/mol. The van der Waals surface area contributed by atoms with Crippen molar-refractivity contribution in [3.63, 3.8) is 0 Å².